The summed E-state index contributed by atoms with van der Waals surface area (Å²) in [4.78, 5) is 5.77. The molecule has 1 aromatic rings. The molecule has 3 nitrogen and oxygen atoms in total. The molecule has 1 atom stereocenters. The molecule has 21 heavy (non-hydrogen) atoms. The van der Waals surface area contributed by atoms with Gasteiger partial charge >= 0.3 is 6.18 Å². The van der Waals surface area contributed by atoms with Gasteiger partial charge in [0.25, 0.3) is 0 Å². The van der Waals surface area contributed by atoms with Gasteiger partial charge in [0.1, 0.15) is 5.82 Å². The van der Waals surface area contributed by atoms with Crippen molar-refractivity contribution in [3.05, 3.63) is 22.3 Å². The molecule has 0 radical (unpaired) electrons. The van der Waals surface area contributed by atoms with Crippen molar-refractivity contribution in [3.8, 4) is 0 Å². The van der Waals surface area contributed by atoms with Crippen LogP contribution in [0.15, 0.2) is 16.7 Å². The molecule has 1 fully saturated rings. The molecule has 2 rings (SSSR count). The first-order chi connectivity index (χ1) is 9.79. The topological polar surface area (TPSA) is 28.2 Å². The minimum atomic E-state index is -4.41. The van der Waals surface area contributed by atoms with Crippen molar-refractivity contribution in [2.24, 2.45) is 0 Å². The van der Waals surface area contributed by atoms with Gasteiger partial charge in [0.15, 0.2) is 0 Å². The van der Waals surface area contributed by atoms with Crippen molar-refractivity contribution in [2.75, 3.05) is 18.0 Å². The Kier molecular flexibility index (Phi) is 5.14. The standard InChI is InChI=1S/C14H19BrF3N3/c1-9(2)21(8-11-4-3-5-19-11)13-12(14(16,17)18)6-10(15)7-20-13/h6-7,9,11,19H,3-5,8H2,1-2H3. The van der Waals surface area contributed by atoms with E-state index in [0.717, 1.165) is 25.5 Å². The van der Waals surface area contributed by atoms with E-state index >= 15 is 0 Å². The average Bonchev–Trinajstić information content (AvgIpc) is 2.88. The summed E-state index contributed by atoms with van der Waals surface area (Å²) < 4.78 is 40.1. The number of rotatable bonds is 4. The van der Waals surface area contributed by atoms with Crippen LogP contribution in [-0.2, 0) is 6.18 Å². The summed E-state index contributed by atoms with van der Waals surface area (Å²) in [6.45, 7) is 5.24. The number of hydrogen-bond donors (Lipinski definition) is 1. The highest BCUT2D eigenvalue weighted by molar-refractivity contribution is 9.10. The number of halogens is 4. The maximum atomic E-state index is 13.3. The minimum absolute atomic E-state index is 0.00870. The highest BCUT2D eigenvalue weighted by Crippen LogP contribution is 2.37. The van der Waals surface area contributed by atoms with Gasteiger partial charge in [-0.05, 0) is 55.2 Å². The van der Waals surface area contributed by atoms with E-state index in [9.17, 15) is 13.2 Å². The van der Waals surface area contributed by atoms with Crippen LogP contribution in [0.4, 0.5) is 19.0 Å². The van der Waals surface area contributed by atoms with Gasteiger partial charge in [0.05, 0.1) is 5.56 Å². The predicted octanol–water partition coefficient (Wildman–Crippen LogP) is 3.83. The molecule has 0 aliphatic carbocycles. The lowest BCUT2D eigenvalue weighted by molar-refractivity contribution is -0.137. The van der Waals surface area contributed by atoms with Gasteiger partial charge < -0.3 is 10.2 Å². The molecule has 1 aliphatic rings. The van der Waals surface area contributed by atoms with E-state index < -0.39 is 11.7 Å². The first kappa shape index (κ1) is 16.5. The van der Waals surface area contributed by atoms with Crippen LogP contribution in [0.5, 0.6) is 0 Å². The zero-order valence-electron chi connectivity index (χ0n) is 12.0. The van der Waals surface area contributed by atoms with Gasteiger partial charge in [-0.2, -0.15) is 13.2 Å². The number of nitrogens with one attached hydrogen (secondary N) is 1. The summed E-state index contributed by atoms with van der Waals surface area (Å²) in [5.74, 6) is 0.00870. The van der Waals surface area contributed by atoms with Crippen molar-refractivity contribution in [1.29, 1.82) is 0 Å². The molecule has 118 valence electrons. The second-order valence-electron chi connectivity index (χ2n) is 5.56. The Morgan fingerprint density at radius 1 is 1.48 bits per heavy atom. The lowest BCUT2D eigenvalue weighted by atomic mass is 10.1. The van der Waals surface area contributed by atoms with Crippen LogP contribution in [0.1, 0.15) is 32.3 Å². The highest BCUT2D eigenvalue weighted by Gasteiger charge is 2.37. The molecule has 0 amide bonds. The van der Waals surface area contributed by atoms with E-state index in [-0.39, 0.29) is 17.9 Å². The van der Waals surface area contributed by atoms with Crippen LogP contribution < -0.4 is 10.2 Å². The maximum absolute atomic E-state index is 13.3. The molecule has 0 aromatic carbocycles. The maximum Gasteiger partial charge on any atom is 0.419 e. The van der Waals surface area contributed by atoms with E-state index in [4.69, 9.17) is 0 Å². The van der Waals surface area contributed by atoms with Crippen LogP contribution in [0, 0.1) is 0 Å². The van der Waals surface area contributed by atoms with Crippen molar-refractivity contribution >= 4 is 21.7 Å². The fourth-order valence-corrected chi connectivity index (χ4v) is 2.89. The highest BCUT2D eigenvalue weighted by atomic mass is 79.9. The average molecular weight is 366 g/mol. The van der Waals surface area contributed by atoms with Crippen LogP contribution in [0.3, 0.4) is 0 Å². The minimum Gasteiger partial charge on any atom is -0.352 e. The third kappa shape index (κ3) is 4.10. The second kappa shape index (κ2) is 6.52. The summed E-state index contributed by atoms with van der Waals surface area (Å²) in [5.41, 5.74) is -0.691. The number of alkyl halides is 3. The van der Waals surface area contributed by atoms with Crippen LogP contribution >= 0.6 is 15.9 Å². The Morgan fingerprint density at radius 3 is 2.71 bits per heavy atom. The Labute approximate surface area is 131 Å². The SMILES string of the molecule is CC(C)N(CC1CCCN1)c1ncc(Br)cc1C(F)(F)F. The van der Waals surface area contributed by atoms with Crippen LogP contribution in [0.2, 0.25) is 0 Å². The van der Waals surface area contributed by atoms with Gasteiger partial charge in [0, 0.05) is 29.3 Å². The van der Waals surface area contributed by atoms with E-state index in [1.807, 2.05) is 13.8 Å². The molecule has 1 saturated heterocycles. The molecular formula is C14H19BrF3N3. The molecule has 7 heteroatoms. The molecule has 0 saturated carbocycles. The van der Waals surface area contributed by atoms with E-state index in [2.05, 4.69) is 26.2 Å². The summed E-state index contributed by atoms with van der Waals surface area (Å²) in [6.07, 6.45) is -0.942. The van der Waals surface area contributed by atoms with Crippen molar-refractivity contribution in [1.82, 2.24) is 10.3 Å². The van der Waals surface area contributed by atoms with Gasteiger partial charge in [-0.1, -0.05) is 0 Å². The number of anilines is 1. The molecule has 1 aliphatic heterocycles. The number of pyridine rings is 1. The predicted molar refractivity (Wildman–Crippen MR) is 80.4 cm³/mol. The van der Waals surface area contributed by atoms with Gasteiger partial charge in [-0.25, -0.2) is 4.98 Å². The summed E-state index contributed by atoms with van der Waals surface area (Å²) in [5, 5.41) is 3.32. The summed E-state index contributed by atoms with van der Waals surface area (Å²) in [6, 6.07) is 1.26. The third-order valence-electron chi connectivity index (χ3n) is 3.61. The number of hydrogen-bond acceptors (Lipinski definition) is 3. The quantitative estimate of drug-likeness (QED) is 0.878. The van der Waals surface area contributed by atoms with Gasteiger partial charge in [0.2, 0.25) is 0 Å². The molecule has 1 unspecified atom stereocenters. The Bertz CT molecular complexity index is 485. The Morgan fingerprint density at radius 2 is 2.19 bits per heavy atom. The molecule has 0 bridgehead atoms. The third-order valence-corrected chi connectivity index (χ3v) is 4.05. The van der Waals surface area contributed by atoms with Gasteiger partial charge in [-0.3, -0.25) is 0 Å². The van der Waals surface area contributed by atoms with Crippen LogP contribution in [0.25, 0.3) is 0 Å². The molecule has 1 N–H and O–H groups in total. The summed E-state index contributed by atoms with van der Waals surface area (Å²) >= 11 is 3.07. The normalized spacial score (nSPS) is 19.3. The Balaban J connectivity index is 2.35. The fourth-order valence-electron chi connectivity index (χ4n) is 2.56. The zero-order chi connectivity index (χ0) is 15.6. The molecular weight excluding hydrogens is 347 g/mol. The van der Waals surface area contributed by atoms with E-state index in [1.165, 1.54) is 6.20 Å². The monoisotopic (exact) mass is 365 g/mol. The largest absolute Gasteiger partial charge is 0.419 e. The van der Waals surface area contributed by atoms with Crippen molar-refractivity contribution in [2.45, 2.75) is 44.9 Å². The van der Waals surface area contributed by atoms with Gasteiger partial charge in [-0.15, -0.1) is 0 Å². The van der Waals surface area contributed by atoms with Crippen molar-refractivity contribution < 1.29 is 13.2 Å². The lowest BCUT2D eigenvalue weighted by Gasteiger charge is -2.32. The molecule has 2 heterocycles. The van der Waals surface area contributed by atoms with Crippen LogP contribution in [-0.4, -0.2) is 30.2 Å². The van der Waals surface area contributed by atoms with E-state index in [0.29, 0.717) is 11.0 Å². The Hall–Kier alpha value is -0.820. The molecule has 0 spiro atoms. The lowest BCUT2D eigenvalue weighted by Crippen LogP contribution is -2.42. The first-order valence-corrected chi connectivity index (χ1v) is 7.81. The second-order valence-corrected chi connectivity index (χ2v) is 6.48. The fraction of sp³-hybridized carbons (Fsp3) is 0.643. The smallest absolute Gasteiger partial charge is 0.352 e. The van der Waals surface area contributed by atoms with E-state index in [1.54, 1.807) is 4.90 Å². The zero-order valence-corrected chi connectivity index (χ0v) is 13.6. The number of aromatic nitrogens is 1. The number of nitrogens with zero attached hydrogens (tertiary/aromatic N) is 2. The first-order valence-electron chi connectivity index (χ1n) is 7.02. The van der Waals surface area contributed by atoms with Crippen molar-refractivity contribution in [3.63, 3.8) is 0 Å². The summed E-state index contributed by atoms with van der Waals surface area (Å²) in [7, 11) is 0. The molecule has 1 aromatic heterocycles.